The smallest absolute Gasteiger partial charge is 0.252 e. The van der Waals surface area contributed by atoms with Gasteiger partial charge in [-0.25, -0.2) is 4.98 Å². The van der Waals surface area contributed by atoms with Gasteiger partial charge in [0.15, 0.2) is 0 Å². The average molecular weight is 270 g/mol. The quantitative estimate of drug-likeness (QED) is 0.881. The lowest BCUT2D eigenvalue weighted by Gasteiger charge is -2.10. The number of aromatic nitrogens is 1. The highest BCUT2D eigenvalue weighted by molar-refractivity contribution is 5.98. The van der Waals surface area contributed by atoms with Crippen LogP contribution in [0.3, 0.4) is 0 Å². The highest BCUT2D eigenvalue weighted by Crippen LogP contribution is 2.22. The molecule has 0 aliphatic heterocycles. The maximum atomic E-state index is 11.3. The number of benzene rings is 1. The van der Waals surface area contributed by atoms with E-state index in [1.165, 1.54) is 5.56 Å². The lowest BCUT2D eigenvalue weighted by molar-refractivity contribution is 0.100. The minimum Gasteiger partial charge on any atom is -0.383 e. The third-order valence-electron chi connectivity index (χ3n) is 2.97. The second-order valence-electron chi connectivity index (χ2n) is 4.96. The number of nitrogens with zero attached hydrogens (tertiary/aromatic N) is 2. The van der Waals surface area contributed by atoms with Crippen molar-refractivity contribution in [2.24, 2.45) is 5.73 Å². The number of nitrogen functional groups attached to an aromatic ring is 1. The molecule has 0 unspecified atom stereocenters. The van der Waals surface area contributed by atoms with Crippen LogP contribution < -0.4 is 11.5 Å². The van der Waals surface area contributed by atoms with E-state index in [1.54, 1.807) is 12.3 Å². The van der Waals surface area contributed by atoms with Gasteiger partial charge >= 0.3 is 0 Å². The zero-order valence-corrected chi connectivity index (χ0v) is 11.6. The molecule has 0 saturated carbocycles. The van der Waals surface area contributed by atoms with Crippen molar-refractivity contribution < 1.29 is 4.79 Å². The number of hydrogen-bond acceptors (Lipinski definition) is 4. The van der Waals surface area contributed by atoms with Crippen molar-refractivity contribution in [1.82, 2.24) is 9.88 Å². The number of carbonyl (C=O) groups is 1. The Labute approximate surface area is 118 Å². The molecule has 20 heavy (non-hydrogen) atoms. The molecule has 0 fully saturated rings. The maximum Gasteiger partial charge on any atom is 0.252 e. The second-order valence-corrected chi connectivity index (χ2v) is 4.96. The molecule has 1 amide bonds. The van der Waals surface area contributed by atoms with Crippen LogP contribution in [0, 0.1) is 0 Å². The summed E-state index contributed by atoms with van der Waals surface area (Å²) < 4.78 is 0. The normalized spacial score (nSPS) is 10.8. The molecule has 1 aromatic heterocycles. The Balaban J connectivity index is 2.32. The zero-order valence-electron chi connectivity index (χ0n) is 11.6. The van der Waals surface area contributed by atoms with E-state index in [4.69, 9.17) is 11.5 Å². The van der Waals surface area contributed by atoms with Gasteiger partial charge < -0.3 is 16.4 Å². The third-order valence-corrected chi connectivity index (χ3v) is 2.97. The fraction of sp³-hybridized carbons (Fsp3) is 0.200. The summed E-state index contributed by atoms with van der Waals surface area (Å²) in [6.07, 6.45) is 1.64. The Morgan fingerprint density at radius 1 is 1.20 bits per heavy atom. The molecule has 1 aromatic carbocycles. The van der Waals surface area contributed by atoms with Crippen molar-refractivity contribution in [3.8, 4) is 11.1 Å². The third kappa shape index (κ3) is 3.13. The van der Waals surface area contributed by atoms with Crippen LogP contribution >= 0.6 is 0 Å². The van der Waals surface area contributed by atoms with Gasteiger partial charge in [-0.15, -0.1) is 0 Å². The molecule has 1 heterocycles. The summed E-state index contributed by atoms with van der Waals surface area (Å²) in [6, 6.07) is 9.77. The van der Waals surface area contributed by atoms with Crippen LogP contribution in [0.2, 0.25) is 0 Å². The Kier molecular flexibility index (Phi) is 4.00. The first kappa shape index (κ1) is 14.0. The van der Waals surface area contributed by atoms with E-state index < -0.39 is 5.91 Å². The highest BCUT2D eigenvalue weighted by Gasteiger charge is 2.09. The first-order valence-corrected chi connectivity index (χ1v) is 6.26. The largest absolute Gasteiger partial charge is 0.383 e. The Morgan fingerprint density at radius 2 is 1.85 bits per heavy atom. The maximum absolute atomic E-state index is 11.3. The highest BCUT2D eigenvalue weighted by atomic mass is 16.1. The lowest BCUT2D eigenvalue weighted by atomic mass is 10.0. The average Bonchev–Trinajstić information content (AvgIpc) is 2.39. The lowest BCUT2D eigenvalue weighted by Crippen LogP contribution is -2.14. The van der Waals surface area contributed by atoms with Crippen LogP contribution in [0.5, 0.6) is 0 Å². The second kappa shape index (κ2) is 5.71. The fourth-order valence-electron chi connectivity index (χ4n) is 2.00. The number of primary amides is 1. The van der Waals surface area contributed by atoms with Gasteiger partial charge in [-0.3, -0.25) is 4.79 Å². The van der Waals surface area contributed by atoms with Crippen molar-refractivity contribution in [1.29, 1.82) is 0 Å². The summed E-state index contributed by atoms with van der Waals surface area (Å²) in [6.45, 7) is 0.882. The van der Waals surface area contributed by atoms with Crippen LogP contribution in [0.1, 0.15) is 15.9 Å². The number of pyridine rings is 1. The molecule has 5 nitrogen and oxygen atoms in total. The van der Waals surface area contributed by atoms with E-state index in [0.717, 1.165) is 17.7 Å². The van der Waals surface area contributed by atoms with E-state index in [2.05, 4.69) is 22.0 Å². The predicted octanol–water partition coefficient (Wildman–Crippen LogP) is 1.49. The van der Waals surface area contributed by atoms with E-state index in [0.29, 0.717) is 0 Å². The van der Waals surface area contributed by atoms with Crippen molar-refractivity contribution in [2.45, 2.75) is 6.54 Å². The molecule has 0 aliphatic rings. The fourth-order valence-corrected chi connectivity index (χ4v) is 2.00. The standard InChI is InChI=1S/C15H18N4O/c1-19(2)9-10-3-5-11(6-4-10)12-7-13(15(17)20)14(16)18-8-12/h3-8H,9H2,1-2H3,(H2,16,18)(H2,17,20). The summed E-state index contributed by atoms with van der Waals surface area (Å²) >= 11 is 0. The molecule has 2 aromatic rings. The predicted molar refractivity (Wildman–Crippen MR) is 80.0 cm³/mol. The monoisotopic (exact) mass is 270 g/mol. The van der Waals surface area contributed by atoms with Crippen molar-refractivity contribution >= 4 is 11.7 Å². The number of carbonyl (C=O) groups excluding carboxylic acids is 1. The zero-order chi connectivity index (χ0) is 14.7. The number of anilines is 1. The minimum atomic E-state index is -0.568. The Hall–Kier alpha value is -2.40. The molecule has 0 atom stereocenters. The topological polar surface area (TPSA) is 85.2 Å². The van der Waals surface area contributed by atoms with Gasteiger partial charge in [0, 0.05) is 18.3 Å². The molecule has 0 bridgehead atoms. The molecule has 104 valence electrons. The summed E-state index contributed by atoms with van der Waals surface area (Å²) in [5.74, 6) is -0.411. The summed E-state index contributed by atoms with van der Waals surface area (Å²) in [7, 11) is 4.05. The van der Waals surface area contributed by atoms with Crippen molar-refractivity contribution in [3.05, 3.63) is 47.7 Å². The van der Waals surface area contributed by atoms with E-state index >= 15 is 0 Å². The van der Waals surface area contributed by atoms with E-state index in [1.807, 2.05) is 26.2 Å². The molecular weight excluding hydrogens is 252 g/mol. The van der Waals surface area contributed by atoms with Gasteiger partial charge in [0.05, 0.1) is 5.56 Å². The summed E-state index contributed by atoms with van der Waals surface area (Å²) in [5.41, 5.74) is 14.2. The van der Waals surface area contributed by atoms with Crippen LogP contribution in [0.25, 0.3) is 11.1 Å². The first-order chi connectivity index (χ1) is 9.47. The molecule has 0 saturated heterocycles. The first-order valence-electron chi connectivity index (χ1n) is 6.26. The van der Waals surface area contributed by atoms with Gasteiger partial charge in [0.2, 0.25) is 0 Å². The number of hydrogen-bond donors (Lipinski definition) is 2. The SMILES string of the molecule is CN(C)Cc1ccc(-c2cnc(N)c(C(N)=O)c2)cc1. The number of rotatable bonds is 4. The van der Waals surface area contributed by atoms with E-state index in [-0.39, 0.29) is 11.4 Å². The summed E-state index contributed by atoms with van der Waals surface area (Å²) in [5, 5.41) is 0. The Bertz CT molecular complexity index is 620. The van der Waals surface area contributed by atoms with Crippen LogP contribution in [0.4, 0.5) is 5.82 Å². The molecule has 0 aliphatic carbocycles. The van der Waals surface area contributed by atoms with Crippen LogP contribution in [-0.2, 0) is 6.54 Å². The summed E-state index contributed by atoms with van der Waals surface area (Å²) in [4.78, 5) is 17.4. The van der Waals surface area contributed by atoms with Gasteiger partial charge in [0.1, 0.15) is 5.82 Å². The number of amides is 1. The molecule has 4 N–H and O–H groups in total. The van der Waals surface area contributed by atoms with Crippen molar-refractivity contribution in [3.63, 3.8) is 0 Å². The van der Waals surface area contributed by atoms with E-state index in [9.17, 15) is 4.79 Å². The molecule has 5 heteroatoms. The van der Waals surface area contributed by atoms with Crippen LogP contribution in [-0.4, -0.2) is 29.9 Å². The molecule has 0 spiro atoms. The molecular formula is C15H18N4O. The van der Waals surface area contributed by atoms with Gasteiger partial charge in [0.25, 0.3) is 5.91 Å². The van der Waals surface area contributed by atoms with Gasteiger partial charge in [-0.05, 0) is 31.3 Å². The van der Waals surface area contributed by atoms with Gasteiger partial charge in [-0.2, -0.15) is 0 Å². The molecule has 2 rings (SSSR count). The Morgan fingerprint density at radius 3 is 2.40 bits per heavy atom. The molecule has 0 radical (unpaired) electrons. The number of nitrogens with two attached hydrogens (primary N) is 2. The minimum absolute atomic E-state index is 0.158. The van der Waals surface area contributed by atoms with Crippen molar-refractivity contribution in [2.75, 3.05) is 19.8 Å². The van der Waals surface area contributed by atoms with Gasteiger partial charge in [-0.1, -0.05) is 24.3 Å². The van der Waals surface area contributed by atoms with Crippen LogP contribution in [0.15, 0.2) is 36.5 Å².